The molecule has 2 nitrogen and oxygen atoms in total. The summed E-state index contributed by atoms with van der Waals surface area (Å²) >= 11 is 11.1. The third kappa shape index (κ3) is 4.69. The molecule has 3 atom stereocenters. The van der Waals surface area contributed by atoms with Gasteiger partial charge in [0.1, 0.15) is 4.49 Å². The molecule has 0 spiro atoms. The van der Waals surface area contributed by atoms with Crippen molar-refractivity contribution in [1.82, 2.24) is 0 Å². The number of alkyl halides is 3. The Hall–Kier alpha value is -1.12. The molecule has 7 heteroatoms. The van der Waals surface area contributed by atoms with Gasteiger partial charge in [-0.2, -0.15) is 13.2 Å². The first-order chi connectivity index (χ1) is 9.90. The summed E-state index contributed by atoms with van der Waals surface area (Å²) in [5, 5.41) is 0. The molecule has 0 heterocycles. The van der Waals surface area contributed by atoms with Crippen LogP contribution in [0.15, 0.2) is 22.2 Å². The summed E-state index contributed by atoms with van der Waals surface area (Å²) in [5.74, 6) is 0.587. The van der Waals surface area contributed by atoms with E-state index < -0.39 is 29.6 Å². The molecule has 3 unspecified atom stereocenters. The first-order valence-electron chi connectivity index (χ1n) is 6.35. The van der Waals surface area contributed by atoms with Crippen molar-refractivity contribution in [1.29, 1.82) is 0 Å². The lowest BCUT2D eigenvalue weighted by Crippen LogP contribution is -2.22. The number of ether oxygens (including phenoxy) is 1. The van der Waals surface area contributed by atoms with E-state index in [-0.39, 0.29) is 22.1 Å². The SMILES string of the molecule is C#CC(OC(=O)C1C(C=C(Cl)Cl)C1(C)C)/C(C)=C/C(F)(F)F. The smallest absolute Gasteiger partial charge is 0.409 e. The van der Waals surface area contributed by atoms with Gasteiger partial charge in [0.25, 0.3) is 0 Å². The van der Waals surface area contributed by atoms with Crippen LogP contribution in [0, 0.1) is 29.6 Å². The van der Waals surface area contributed by atoms with Crippen LogP contribution in [0.2, 0.25) is 0 Å². The predicted octanol–water partition coefficient (Wildman–Crippen LogP) is 4.63. The van der Waals surface area contributed by atoms with E-state index in [1.165, 1.54) is 6.08 Å². The van der Waals surface area contributed by atoms with E-state index in [1.54, 1.807) is 13.8 Å². The Labute approximate surface area is 137 Å². The van der Waals surface area contributed by atoms with Crippen LogP contribution in [-0.2, 0) is 9.53 Å². The van der Waals surface area contributed by atoms with Crippen molar-refractivity contribution in [3.63, 3.8) is 0 Å². The molecular formula is C15H15Cl2F3O2. The number of esters is 1. The highest BCUT2D eigenvalue weighted by atomic mass is 35.5. The van der Waals surface area contributed by atoms with Gasteiger partial charge in [0, 0.05) is 6.08 Å². The molecule has 0 N–H and O–H groups in total. The third-order valence-corrected chi connectivity index (χ3v) is 3.91. The zero-order chi connectivity index (χ0) is 17.3. The normalized spacial score (nSPS) is 25.0. The Morgan fingerprint density at radius 2 is 1.95 bits per heavy atom. The molecule has 22 heavy (non-hydrogen) atoms. The molecule has 1 aliphatic rings. The van der Waals surface area contributed by atoms with Gasteiger partial charge < -0.3 is 4.74 Å². The second-order valence-corrected chi connectivity index (χ2v) is 6.70. The van der Waals surface area contributed by atoms with Crippen LogP contribution in [0.25, 0.3) is 0 Å². The lowest BCUT2D eigenvalue weighted by molar-refractivity contribution is -0.148. The predicted molar refractivity (Wildman–Crippen MR) is 79.1 cm³/mol. The molecule has 0 aliphatic heterocycles. The molecule has 0 aromatic rings. The number of terminal acetylenes is 1. The molecule has 1 rings (SSSR count). The van der Waals surface area contributed by atoms with Crippen LogP contribution in [0.3, 0.4) is 0 Å². The maximum atomic E-state index is 12.3. The lowest BCUT2D eigenvalue weighted by Gasteiger charge is -2.14. The second-order valence-electron chi connectivity index (χ2n) is 5.69. The first-order valence-corrected chi connectivity index (χ1v) is 7.11. The minimum Gasteiger partial charge on any atom is -0.444 e. The van der Waals surface area contributed by atoms with Crippen molar-refractivity contribution in [3.8, 4) is 12.3 Å². The van der Waals surface area contributed by atoms with E-state index >= 15 is 0 Å². The topological polar surface area (TPSA) is 26.3 Å². The fraction of sp³-hybridized carbons (Fsp3) is 0.533. The quantitative estimate of drug-likeness (QED) is 0.418. The fourth-order valence-electron chi connectivity index (χ4n) is 2.36. The minimum absolute atomic E-state index is 0.0232. The molecule has 1 saturated carbocycles. The maximum Gasteiger partial charge on any atom is 0.409 e. The molecule has 1 fully saturated rings. The van der Waals surface area contributed by atoms with Gasteiger partial charge in [-0.1, -0.05) is 43.0 Å². The largest absolute Gasteiger partial charge is 0.444 e. The molecule has 122 valence electrons. The zero-order valence-corrected chi connectivity index (χ0v) is 13.7. The summed E-state index contributed by atoms with van der Waals surface area (Å²) in [5.41, 5.74) is -0.698. The number of carbonyl (C=O) groups excluding carboxylic acids is 1. The van der Waals surface area contributed by atoms with Crippen LogP contribution < -0.4 is 0 Å². The van der Waals surface area contributed by atoms with E-state index in [9.17, 15) is 18.0 Å². The highest BCUT2D eigenvalue weighted by Crippen LogP contribution is 2.60. The average Bonchev–Trinajstić information content (AvgIpc) is 2.84. The van der Waals surface area contributed by atoms with Crippen LogP contribution in [0.5, 0.6) is 0 Å². The van der Waals surface area contributed by atoms with Crippen LogP contribution in [-0.4, -0.2) is 18.2 Å². The number of carbonyl (C=O) groups is 1. The summed E-state index contributed by atoms with van der Waals surface area (Å²) in [6.07, 6.45) is 0.805. The summed E-state index contributed by atoms with van der Waals surface area (Å²) in [6.45, 7) is 4.77. The van der Waals surface area contributed by atoms with E-state index in [1.807, 2.05) is 5.92 Å². The van der Waals surface area contributed by atoms with Crippen molar-refractivity contribution in [2.24, 2.45) is 17.3 Å². The Morgan fingerprint density at radius 3 is 2.36 bits per heavy atom. The van der Waals surface area contributed by atoms with E-state index in [0.29, 0.717) is 0 Å². The van der Waals surface area contributed by atoms with Crippen molar-refractivity contribution in [3.05, 3.63) is 22.2 Å². The molecule has 0 aromatic carbocycles. The highest BCUT2D eigenvalue weighted by molar-refractivity contribution is 6.55. The second kappa shape index (κ2) is 6.55. The molecule has 0 radical (unpaired) electrons. The van der Waals surface area contributed by atoms with Gasteiger partial charge in [0.15, 0.2) is 6.10 Å². The Bertz CT molecular complexity index is 552. The Morgan fingerprint density at radius 1 is 1.41 bits per heavy atom. The van der Waals surface area contributed by atoms with Gasteiger partial charge in [-0.3, -0.25) is 4.79 Å². The van der Waals surface area contributed by atoms with Crippen LogP contribution in [0.4, 0.5) is 13.2 Å². The number of hydrogen-bond acceptors (Lipinski definition) is 2. The first kappa shape index (κ1) is 18.9. The molecule has 1 aliphatic carbocycles. The Balaban J connectivity index is 2.82. The van der Waals surface area contributed by atoms with Crippen molar-refractivity contribution >= 4 is 29.2 Å². The number of halogens is 5. The standard InChI is InChI=1S/C15H15Cl2F3O2/c1-5-10(8(2)7-15(18,19)20)22-13(21)12-9(6-11(16)17)14(12,3)4/h1,6-7,9-10,12H,2-4H3/b8-7+. The van der Waals surface area contributed by atoms with E-state index in [2.05, 4.69) is 0 Å². The van der Waals surface area contributed by atoms with Gasteiger partial charge in [-0.15, -0.1) is 6.42 Å². The maximum absolute atomic E-state index is 12.3. The van der Waals surface area contributed by atoms with Gasteiger partial charge in [-0.25, -0.2) is 0 Å². The van der Waals surface area contributed by atoms with Crippen molar-refractivity contribution in [2.45, 2.75) is 33.1 Å². The van der Waals surface area contributed by atoms with Crippen molar-refractivity contribution in [2.75, 3.05) is 0 Å². The molecule has 0 bridgehead atoms. The fourth-order valence-corrected chi connectivity index (χ4v) is 2.63. The van der Waals surface area contributed by atoms with E-state index in [0.717, 1.165) is 6.92 Å². The Kier molecular flexibility index (Phi) is 5.64. The van der Waals surface area contributed by atoms with Gasteiger partial charge in [0.2, 0.25) is 0 Å². The molecular weight excluding hydrogens is 340 g/mol. The zero-order valence-electron chi connectivity index (χ0n) is 12.2. The third-order valence-electron chi connectivity index (χ3n) is 3.66. The van der Waals surface area contributed by atoms with E-state index in [4.69, 9.17) is 34.4 Å². The lowest BCUT2D eigenvalue weighted by atomic mass is 10.1. The van der Waals surface area contributed by atoms with Crippen LogP contribution in [0.1, 0.15) is 20.8 Å². The minimum atomic E-state index is -4.53. The molecule has 0 saturated heterocycles. The molecule has 0 amide bonds. The number of rotatable bonds is 4. The van der Waals surface area contributed by atoms with Gasteiger partial charge >= 0.3 is 12.1 Å². The number of allylic oxidation sites excluding steroid dienone is 2. The summed E-state index contributed by atoms with van der Waals surface area (Å²) < 4.78 is 42.0. The number of hydrogen-bond donors (Lipinski definition) is 0. The van der Waals surface area contributed by atoms with Gasteiger partial charge in [0.05, 0.1) is 5.92 Å². The van der Waals surface area contributed by atoms with Crippen LogP contribution >= 0.6 is 23.2 Å². The monoisotopic (exact) mass is 354 g/mol. The summed E-state index contributed by atoms with van der Waals surface area (Å²) in [6, 6.07) is 0. The highest BCUT2D eigenvalue weighted by Gasteiger charge is 2.61. The summed E-state index contributed by atoms with van der Waals surface area (Å²) in [7, 11) is 0. The van der Waals surface area contributed by atoms with Crippen molar-refractivity contribution < 1.29 is 22.7 Å². The summed E-state index contributed by atoms with van der Waals surface area (Å²) in [4.78, 5) is 12.1. The molecule has 0 aromatic heterocycles. The van der Waals surface area contributed by atoms with Gasteiger partial charge in [-0.05, 0) is 29.9 Å². The average molecular weight is 355 g/mol.